The van der Waals surface area contributed by atoms with Crippen LogP contribution < -0.4 is 5.73 Å². The van der Waals surface area contributed by atoms with Crippen molar-refractivity contribution < 1.29 is 19.1 Å². The van der Waals surface area contributed by atoms with Crippen molar-refractivity contribution in [2.24, 2.45) is 10.7 Å². The molecule has 1 rings (SSSR count). The molecule has 19 heavy (non-hydrogen) atoms. The molecule has 6 heteroatoms. The van der Waals surface area contributed by atoms with Gasteiger partial charge in [0.05, 0.1) is 0 Å². The van der Waals surface area contributed by atoms with Crippen LogP contribution in [0.25, 0.3) is 0 Å². The molecule has 0 saturated heterocycles. The third-order valence-electron chi connectivity index (χ3n) is 2.40. The summed E-state index contributed by atoms with van der Waals surface area (Å²) < 4.78 is 5.01. The highest BCUT2D eigenvalue weighted by atomic mass is 16.5. The fourth-order valence-electron chi connectivity index (χ4n) is 1.40. The Morgan fingerprint density at radius 2 is 2.00 bits per heavy atom. The molecule has 100 valence electrons. The number of amides is 1. The number of carbonyl (C=O) groups is 2. The van der Waals surface area contributed by atoms with Crippen molar-refractivity contribution >= 4 is 18.0 Å². The highest BCUT2D eigenvalue weighted by molar-refractivity contribution is 5.81. The fourth-order valence-corrected chi connectivity index (χ4v) is 1.40. The number of benzene rings is 1. The number of ether oxygens (including phenoxy) is 1. The van der Waals surface area contributed by atoms with E-state index in [-0.39, 0.29) is 19.4 Å². The van der Waals surface area contributed by atoms with Gasteiger partial charge < -0.3 is 10.5 Å². The number of isocyanates is 1. The zero-order chi connectivity index (χ0) is 14.1. The van der Waals surface area contributed by atoms with Gasteiger partial charge >= 0.3 is 5.97 Å². The lowest BCUT2D eigenvalue weighted by molar-refractivity contribution is -0.145. The Hall–Kier alpha value is -2.46. The lowest BCUT2D eigenvalue weighted by Crippen LogP contribution is -2.27. The van der Waals surface area contributed by atoms with Gasteiger partial charge in [0.15, 0.2) is 0 Å². The van der Waals surface area contributed by atoms with Crippen molar-refractivity contribution in [1.82, 2.24) is 0 Å². The summed E-state index contributed by atoms with van der Waals surface area (Å²) in [6.07, 6.45) is 1.26. The number of primary amides is 1. The molecule has 0 spiro atoms. The monoisotopic (exact) mass is 262 g/mol. The van der Waals surface area contributed by atoms with Crippen LogP contribution in [0.5, 0.6) is 0 Å². The molecule has 0 aliphatic heterocycles. The third-order valence-corrected chi connectivity index (χ3v) is 2.40. The van der Waals surface area contributed by atoms with Gasteiger partial charge in [-0.15, -0.1) is 0 Å². The normalized spacial score (nSPS) is 11.2. The average Bonchev–Trinajstić information content (AvgIpc) is 2.42. The molecule has 1 aromatic rings. The van der Waals surface area contributed by atoms with Crippen LogP contribution in [-0.4, -0.2) is 24.0 Å². The topological polar surface area (TPSA) is 98.8 Å². The summed E-state index contributed by atoms with van der Waals surface area (Å²) >= 11 is 0. The van der Waals surface area contributed by atoms with Crippen LogP contribution in [0.15, 0.2) is 35.3 Å². The Balaban J connectivity index is 2.35. The Morgan fingerprint density at radius 3 is 2.58 bits per heavy atom. The van der Waals surface area contributed by atoms with Gasteiger partial charge in [-0.05, 0) is 12.0 Å². The molecule has 1 aromatic carbocycles. The van der Waals surface area contributed by atoms with Crippen molar-refractivity contribution in [3.63, 3.8) is 0 Å². The van der Waals surface area contributed by atoms with Crippen molar-refractivity contribution in [2.45, 2.75) is 25.5 Å². The molecule has 1 atom stereocenters. The lowest BCUT2D eigenvalue weighted by atomic mass is 10.1. The number of rotatable bonds is 7. The van der Waals surface area contributed by atoms with Crippen molar-refractivity contribution in [2.75, 3.05) is 0 Å². The number of esters is 1. The first-order valence-corrected chi connectivity index (χ1v) is 5.69. The van der Waals surface area contributed by atoms with Crippen molar-refractivity contribution in [1.29, 1.82) is 0 Å². The number of carbonyl (C=O) groups excluding carboxylic acids is 3. The van der Waals surface area contributed by atoms with Crippen LogP contribution in [0.4, 0.5) is 0 Å². The van der Waals surface area contributed by atoms with Gasteiger partial charge in [0.25, 0.3) is 0 Å². The third kappa shape index (κ3) is 5.61. The lowest BCUT2D eigenvalue weighted by Gasteiger charge is -2.07. The number of hydrogen-bond donors (Lipinski definition) is 1. The minimum atomic E-state index is -1.03. The fraction of sp³-hybridized carbons (Fsp3) is 0.308. The van der Waals surface area contributed by atoms with Crippen molar-refractivity contribution in [3.8, 4) is 0 Å². The largest absolute Gasteiger partial charge is 0.461 e. The van der Waals surface area contributed by atoms with Crippen LogP contribution in [0.2, 0.25) is 0 Å². The predicted molar refractivity (Wildman–Crippen MR) is 66.6 cm³/mol. The summed E-state index contributed by atoms with van der Waals surface area (Å²) in [4.78, 5) is 35.6. The summed E-state index contributed by atoms with van der Waals surface area (Å²) in [6.45, 7) is 0.165. The Bertz CT molecular complexity index is 479. The summed E-state index contributed by atoms with van der Waals surface area (Å²) in [6, 6.07) is 8.17. The van der Waals surface area contributed by atoms with E-state index in [1.54, 1.807) is 0 Å². The van der Waals surface area contributed by atoms with Crippen LogP contribution in [0.3, 0.4) is 0 Å². The van der Waals surface area contributed by atoms with E-state index in [4.69, 9.17) is 10.5 Å². The summed E-state index contributed by atoms with van der Waals surface area (Å²) in [7, 11) is 0. The number of aliphatic imine (C=N–C) groups is 1. The Labute approximate surface area is 110 Å². The molecule has 2 N–H and O–H groups in total. The number of hydrogen-bond acceptors (Lipinski definition) is 5. The van der Waals surface area contributed by atoms with E-state index >= 15 is 0 Å². The second-order valence-electron chi connectivity index (χ2n) is 3.82. The summed E-state index contributed by atoms with van der Waals surface area (Å²) in [5.41, 5.74) is 5.88. The molecular weight excluding hydrogens is 248 g/mol. The van der Waals surface area contributed by atoms with Crippen LogP contribution in [-0.2, 0) is 25.7 Å². The Morgan fingerprint density at radius 1 is 1.32 bits per heavy atom. The van der Waals surface area contributed by atoms with E-state index < -0.39 is 17.9 Å². The van der Waals surface area contributed by atoms with E-state index in [1.807, 2.05) is 30.3 Å². The van der Waals surface area contributed by atoms with Gasteiger partial charge in [0.2, 0.25) is 12.0 Å². The SMILES string of the molecule is NC(=O)[C@@H](CCC(=O)OCc1ccccc1)N=C=O. The number of nitrogens with zero attached hydrogens (tertiary/aromatic N) is 1. The zero-order valence-electron chi connectivity index (χ0n) is 10.2. The highest BCUT2D eigenvalue weighted by Crippen LogP contribution is 2.05. The molecule has 0 fully saturated rings. The highest BCUT2D eigenvalue weighted by Gasteiger charge is 2.16. The van der Waals surface area contributed by atoms with Gasteiger partial charge in [-0.1, -0.05) is 30.3 Å². The molecule has 6 nitrogen and oxygen atoms in total. The quantitative estimate of drug-likeness (QED) is 0.444. The predicted octanol–water partition coefficient (Wildman–Crippen LogP) is 0.700. The summed E-state index contributed by atoms with van der Waals surface area (Å²) in [5.74, 6) is -1.24. The molecule has 0 aliphatic carbocycles. The molecule has 0 heterocycles. The van der Waals surface area contributed by atoms with E-state index in [1.165, 1.54) is 6.08 Å². The molecule has 1 amide bonds. The smallest absolute Gasteiger partial charge is 0.306 e. The second kappa shape index (κ2) is 7.79. The van der Waals surface area contributed by atoms with E-state index in [0.717, 1.165) is 5.56 Å². The van der Waals surface area contributed by atoms with Gasteiger partial charge in [0.1, 0.15) is 12.6 Å². The van der Waals surface area contributed by atoms with Crippen molar-refractivity contribution in [3.05, 3.63) is 35.9 Å². The molecule has 0 unspecified atom stereocenters. The first kappa shape index (κ1) is 14.6. The first-order chi connectivity index (χ1) is 9.13. The van der Waals surface area contributed by atoms with Gasteiger partial charge in [0, 0.05) is 6.42 Å². The van der Waals surface area contributed by atoms with E-state index in [9.17, 15) is 14.4 Å². The maximum absolute atomic E-state index is 11.4. The molecule has 0 bridgehead atoms. The maximum Gasteiger partial charge on any atom is 0.306 e. The standard InChI is InChI=1S/C13H14N2O4/c14-13(18)11(15-9-16)6-7-12(17)19-8-10-4-2-1-3-5-10/h1-5,11H,6-8H2,(H2,14,18)/t11-/m1/s1. The van der Waals surface area contributed by atoms with Gasteiger partial charge in [-0.3, -0.25) is 9.59 Å². The molecular formula is C13H14N2O4. The van der Waals surface area contributed by atoms with Crippen LogP contribution in [0, 0.1) is 0 Å². The number of nitrogens with two attached hydrogens (primary N) is 1. The van der Waals surface area contributed by atoms with Gasteiger partial charge in [-0.25, -0.2) is 4.79 Å². The molecule has 0 aliphatic rings. The first-order valence-electron chi connectivity index (χ1n) is 5.69. The molecule has 0 radical (unpaired) electrons. The van der Waals surface area contributed by atoms with Gasteiger partial charge in [-0.2, -0.15) is 4.99 Å². The average molecular weight is 262 g/mol. The maximum atomic E-state index is 11.4. The zero-order valence-corrected chi connectivity index (χ0v) is 10.2. The molecule has 0 aromatic heterocycles. The van der Waals surface area contributed by atoms with E-state index in [2.05, 4.69) is 4.99 Å². The second-order valence-corrected chi connectivity index (χ2v) is 3.82. The Kier molecular flexibility index (Phi) is 5.98. The minimum absolute atomic E-state index is 0.0361. The van der Waals surface area contributed by atoms with Crippen LogP contribution in [0.1, 0.15) is 18.4 Å². The van der Waals surface area contributed by atoms with Crippen LogP contribution >= 0.6 is 0 Å². The van der Waals surface area contributed by atoms with E-state index in [0.29, 0.717) is 0 Å². The summed E-state index contributed by atoms with van der Waals surface area (Å²) in [5, 5.41) is 0. The minimum Gasteiger partial charge on any atom is -0.461 e. The molecule has 0 saturated carbocycles.